The molecule has 1 heterocycles. The van der Waals surface area contributed by atoms with Crippen LogP contribution >= 0.6 is 0 Å². The summed E-state index contributed by atoms with van der Waals surface area (Å²) in [6.07, 6.45) is 6.20. The minimum Gasteiger partial charge on any atom is -0.385 e. The van der Waals surface area contributed by atoms with E-state index in [1.807, 2.05) is 6.07 Å². The standard InChI is InChI=1S/C12H13N3/c1-2-9(1)8-15-10-3-4-11-12(7-10)14-6-5-13-11/h3-7,9,15H,1-2,8H2. The van der Waals surface area contributed by atoms with Crippen LogP contribution < -0.4 is 5.32 Å². The molecule has 76 valence electrons. The maximum atomic E-state index is 4.28. The zero-order valence-corrected chi connectivity index (χ0v) is 8.48. The van der Waals surface area contributed by atoms with Crippen molar-refractivity contribution in [3.63, 3.8) is 0 Å². The van der Waals surface area contributed by atoms with Gasteiger partial charge in [0.1, 0.15) is 0 Å². The third kappa shape index (κ3) is 1.91. The SMILES string of the molecule is c1cnc2cc(NCC3CC3)ccc2n1. The van der Waals surface area contributed by atoms with Crippen molar-refractivity contribution in [3.05, 3.63) is 30.6 Å². The highest BCUT2D eigenvalue weighted by Crippen LogP contribution is 2.29. The molecule has 3 nitrogen and oxygen atoms in total. The van der Waals surface area contributed by atoms with Gasteiger partial charge >= 0.3 is 0 Å². The molecule has 1 aromatic heterocycles. The number of nitrogens with zero attached hydrogens (tertiary/aromatic N) is 2. The summed E-state index contributed by atoms with van der Waals surface area (Å²) in [4.78, 5) is 8.52. The Hall–Kier alpha value is -1.64. The Balaban J connectivity index is 1.84. The summed E-state index contributed by atoms with van der Waals surface area (Å²) in [6.45, 7) is 1.09. The van der Waals surface area contributed by atoms with E-state index in [0.29, 0.717) is 0 Å². The van der Waals surface area contributed by atoms with Crippen LogP contribution in [0.15, 0.2) is 30.6 Å². The number of hydrogen-bond acceptors (Lipinski definition) is 3. The van der Waals surface area contributed by atoms with Crippen LogP contribution in [0.2, 0.25) is 0 Å². The third-order valence-corrected chi connectivity index (χ3v) is 2.76. The highest BCUT2D eigenvalue weighted by atomic mass is 14.9. The zero-order valence-electron chi connectivity index (χ0n) is 8.48. The fraction of sp³-hybridized carbons (Fsp3) is 0.333. The summed E-state index contributed by atoms with van der Waals surface area (Å²) in [5.41, 5.74) is 3.06. The Kier molecular flexibility index (Phi) is 2.02. The van der Waals surface area contributed by atoms with E-state index in [2.05, 4.69) is 27.4 Å². The minimum atomic E-state index is 0.891. The van der Waals surface area contributed by atoms with Gasteiger partial charge in [0.2, 0.25) is 0 Å². The van der Waals surface area contributed by atoms with Crippen LogP contribution in [-0.2, 0) is 0 Å². The molecule has 0 radical (unpaired) electrons. The van der Waals surface area contributed by atoms with Crippen LogP contribution in [0.25, 0.3) is 11.0 Å². The van der Waals surface area contributed by atoms with Gasteiger partial charge in [0, 0.05) is 24.6 Å². The van der Waals surface area contributed by atoms with Crippen molar-refractivity contribution < 1.29 is 0 Å². The van der Waals surface area contributed by atoms with Gasteiger partial charge in [-0.2, -0.15) is 0 Å². The normalized spacial score (nSPS) is 15.5. The van der Waals surface area contributed by atoms with Gasteiger partial charge in [-0.1, -0.05) is 0 Å². The first-order chi connectivity index (χ1) is 7.42. The molecule has 3 rings (SSSR count). The maximum Gasteiger partial charge on any atom is 0.0907 e. The van der Waals surface area contributed by atoms with Crippen molar-refractivity contribution in [2.24, 2.45) is 5.92 Å². The maximum absolute atomic E-state index is 4.28. The van der Waals surface area contributed by atoms with Gasteiger partial charge in [-0.15, -0.1) is 0 Å². The number of anilines is 1. The van der Waals surface area contributed by atoms with Crippen molar-refractivity contribution in [1.82, 2.24) is 9.97 Å². The summed E-state index contributed by atoms with van der Waals surface area (Å²) in [5.74, 6) is 0.891. The molecule has 0 aliphatic heterocycles. The number of rotatable bonds is 3. The molecule has 1 saturated carbocycles. The summed E-state index contributed by atoms with van der Waals surface area (Å²) in [5, 5.41) is 3.43. The predicted molar refractivity (Wildman–Crippen MR) is 60.8 cm³/mol. The van der Waals surface area contributed by atoms with Gasteiger partial charge in [-0.05, 0) is 37.0 Å². The molecule has 15 heavy (non-hydrogen) atoms. The van der Waals surface area contributed by atoms with E-state index >= 15 is 0 Å². The lowest BCUT2D eigenvalue weighted by Crippen LogP contribution is -2.02. The highest BCUT2D eigenvalue weighted by molar-refractivity contribution is 5.78. The molecule has 1 aliphatic carbocycles. The van der Waals surface area contributed by atoms with Crippen molar-refractivity contribution in [2.45, 2.75) is 12.8 Å². The number of benzene rings is 1. The Morgan fingerprint density at radius 2 is 1.93 bits per heavy atom. The summed E-state index contributed by atoms with van der Waals surface area (Å²) in [7, 11) is 0. The van der Waals surface area contributed by atoms with Crippen LogP contribution in [0.1, 0.15) is 12.8 Å². The largest absolute Gasteiger partial charge is 0.385 e. The average molecular weight is 199 g/mol. The van der Waals surface area contributed by atoms with Crippen LogP contribution in [0.5, 0.6) is 0 Å². The van der Waals surface area contributed by atoms with Crippen LogP contribution in [0.4, 0.5) is 5.69 Å². The summed E-state index contributed by atoms with van der Waals surface area (Å²) in [6, 6.07) is 6.14. The molecule has 0 atom stereocenters. The molecule has 3 heteroatoms. The smallest absolute Gasteiger partial charge is 0.0907 e. The molecular formula is C12H13N3. The summed E-state index contributed by atoms with van der Waals surface area (Å²) < 4.78 is 0. The molecule has 1 aromatic carbocycles. The lowest BCUT2D eigenvalue weighted by molar-refractivity contribution is 0.889. The molecule has 1 fully saturated rings. The van der Waals surface area contributed by atoms with E-state index in [1.54, 1.807) is 12.4 Å². The Morgan fingerprint density at radius 1 is 1.13 bits per heavy atom. The minimum absolute atomic E-state index is 0.891. The molecule has 1 aliphatic rings. The van der Waals surface area contributed by atoms with Crippen LogP contribution in [0.3, 0.4) is 0 Å². The monoisotopic (exact) mass is 199 g/mol. The van der Waals surface area contributed by atoms with Crippen molar-refractivity contribution >= 4 is 16.7 Å². The molecule has 1 N–H and O–H groups in total. The number of nitrogens with one attached hydrogen (secondary N) is 1. The Labute approximate surface area is 88.6 Å². The summed E-state index contributed by atoms with van der Waals surface area (Å²) >= 11 is 0. The van der Waals surface area contributed by atoms with Gasteiger partial charge in [0.25, 0.3) is 0 Å². The van der Waals surface area contributed by atoms with Gasteiger partial charge < -0.3 is 5.32 Å². The first kappa shape index (κ1) is 8.65. The molecule has 0 bridgehead atoms. The first-order valence-corrected chi connectivity index (χ1v) is 5.36. The van der Waals surface area contributed by atoms with Crippen molar-refractivity contribution in [3.8, 4) is 0 Å². The Bertz CT molecular complexity index is 477. The second kappa shape index (κ2) is 3.50. The fourth-order valence-electron chi connectivity index (χ4n) is 1.66. The van der Waals surface area contributed by atoms with E-state index < -0.39 is 0 Å². The van der Waals surface area contributed by atoms with E-state index in [-0.39, 0.29) is 0 Å². The topological polar surface area (TPSA) is 37.8 Å². The number of fused-ring (bicyclic) bond motifs is 1. The van der Waals surface area contributed by atoms with E-state index in [4.69, 9.17) is 0 Å². The van der Waals surface area contributed by atoms with Gasteiger partial charge in [0.15, 0.2) is 0 Å². The average Bonchev–Trinajstić information content (AvgIpc) is 3.10. The quantitative estimate of drug-likeness (QED) is 0.825. The zero-order chi connectivity index (χ0) is 10.1. The molecule has 0 spiro atoms. The molecule has 2 aromatic rings. The van der Waals surface area contributed by atoms with Crippen LogP contribution in [-0.4, -0.2) is 16.5 Å². The number of aromatic nitrogens is 2. The molecule has 0 amide bonds. The van der Waals surface area contributed by atoms with E-state index in [9.17, 15) is 0 Å². The predicted octanol–water partition coefficient (Wildman–Crippen LogP) is 2.45. The molecular weight excluding hydrogens is 186 g/mol. The number of hydrogen-bond donors (Lipinski definition) is 1. The fourth-order valence-corrected chi connectivity index (χ4v) is 1.66. The molecule has 0 unspecified atom stereocenters. The van der Waals surface area contributed by atoms with Gasteiger partial charge in [-0.25, -0.2) is 0 Å². The van der Waals surface area contributed by atoms with Gasteiger partial charge in [0.05, 0.1) is 11.0 Å². The molecule has 0 saturated heterocycles. The second-order valence-corrected chi connectivity index (χ2v) is 4.08. The lowest BCUT2D eigenvalue weighted by Gasteiger charge is -2.05. The van der Waals surface area contributed by atoms with Gasteiger partial charge in [-0.3, -0.25) is 9.97 Å². The third-order valence-electron chi connectivity index (χ3n) is 2.76. The highest BCUT2D eigenvalue weighted by Gasteiger charge is 2.20. The Morgan fingerprint density at radius 3 is 2.73 bits per heavy atom. The second-order valence-electron chi connectivity index (χ2n) is 4.08. The van der Waals surface area contributed by atoms with Crippen LogP contribution in [0, 0.1) is 5.92 Å². The van der Waals surface area contributed by atoms with E-state index in [0.717, 1.165) is 29.2 Å². The van der Waals surface area contributed by atoms with Crippen molar-refractivity contribution in [1.29, 1.82) is 0 Å². The van der Waals surface area contributed by atoms with E-state index in [1.165, 1.54) is 12.8 Å². The lowest BCUT2D eigenvalue weighted by atomic mass is 10.2. The van der Waals surface area contributed by atoms with Crippen molar-refractivity contribution in [2.75, 3.05) is 11.9 Å². The first-order valence-electron chi connectivity index (χ1n) is 5.36.